The Kier molecular flexibility index (Phi) is 5.89. The normalized spacial score (nSPS) is 10.8. The Bertz CT molecular complexity index is 734. The number of rotatable bonds is 8. The smallest absolute Gasteiger partial charge is 0.378 e. The van der Waals surface area contributed by atoms with Crippen LogP contribution < -0.4 is 0 Å². The van der Waals surface area contributed by atoms with Crippen molar-refractivity contribution in [2.75, 3.05) is 14.2 Å². The van der Waals surface area contributed by atoms with Crippen LogP contribution in [0, 0.1) is 0 Å². The van der Waals surface area contributed by atoms with Gasteiger partial charge < -0.3 is 19.1 Å². The molecule has 0 aliphatic heterocycles. The van der Waals surface area contributed by atoms with E-state index in [1.165, 1.54) is 7.11 Å². The first-order valence-electron chi connectivity index (χ1n) is 7.61. The van der Waals surface area contributed by atoms with Crippen LogP contribution in [0.15, 0.2) is 30.3 Å². The van der Waals surface area contributed by atoms with Crippen molar-refractivity contribution in [2.45, 2.75) is 26.7 Å². The van der Waals surface area contributed by atoms with E-state index in [2.05, 4.69) is 0 Å². The molecular weight excluding hydrogens is 310 g/mol. The summed E-state index contributed by atoms with van der Waals surface area (Å²) in [5.74, 6) is -2.45. The van der Waals surface area contributed by atoms with Gasteiger partial charge in [-0.1, -0.05) is 37.3 Å². The quantitative estimate of drug-likeness (QED) is 0.594. The fourth-order valence-electron chi connectivity index (χ4n) is 2.93. The lowest BCUT2D eigenvalue weighted by Crippen LogP contribution is -2.20. The summed E-state index contributed by atoms with van der Waals surface area (Å²) in [7, 11) is 3.06. The molecule has 0 aliphatic rings. The summed E-state index contributed by atoms with van der Waals surface area (Å²) in [5.41, 5.74) is 3.20. The van der Waals surface area contributed by atoms with Crippen molar-refractivity contribution >= 4 is 11.8 Å². The first-order valence-corrected chi connectivity index (χ1v) is 7.61. The highest BCUT2D eigenvalue weighted by Crippen LogP contribution is 2.34. The van der Waals surface area contributed by atoms with Crippen LogP contribution in [-0.4, -0.2) is 35.6 Å². The molecule has 0 spiro atoms. The van der Waals surface area contributed by atoms with Crippen LogP contribution in [0.1, 0.15) is 28.7 Å². The van der Waals surface area contributed by atoms with E-state index in [9.17, 15) is 14.7 Å². The van der Waals surface area contributed by atoms with Gasteiger partial charge >= 0.3 is 5.97 Å². The summed E-state index contributed by atoms with van der Waals surface area (Å²) in [5, 5.41) is 9.27. The van der Waals surface area contributed by atoms with Gasteiger partial charge in [-0.3, -0.25) is 4.79 Å². The highest BCUT2D eigenvalue weighted by atomic mass is 16.5. The number of Topliss-reactive ketones (excluding diaryl/α,β-unsaturated/α-hetero) is 1. The summed E-state index contributed by atoms with van der Waals surface area (Å²) in [6.45, 7) is 2.30. The molecule has 1 heterocycles. The van der Waals surface area contributed by atoms with Crippen molar-refractivity contribution in [1.29, 1.82) is 0 Å². The predicted octanol–water partition coefficient (Wildman–Crippen LogP) is 2.74. The number of aliphatic carboxylic acids is 1. The number of carboxylic acid groups (broad SMARTS) is 1. The molecule has 1 aromatic carbocycles. The molecule has 0 aliphatic carbocycles. The average molecular weight is 331 g/mol. The van der Waals surface area contributed by atoms with E-state index in [1.54, 1.807) is 11.7 Å². The number of ether oxygens (including phenoxy) is 2. The number of hydrogen-bond donors (Lipinski definition) is 1. The summed E-state index contributed by atoms with van der Waals surface area (Å²) in [4.78, 5) is 23.8. The van der Waals surface area contributed by atoms with Gasteiger partial charge in [0.1, 0.15) is 12.4 Å². The summed E-state index contributed by atoms with van der Waals surface area (Å²) < 4.78 is 12.1. The molecule has 2 aromatic rings. The van der Waals surface area contributed by atoms with Crippen molar-refractivity contribution in [2.24, 2.45) is 0 Å². The minimum Gasteiger partial charge on any atom is -0.475 e. The Hall–Kier alpha value is -2.44. The lowest BCUT2D eigenvalue weighted by molar-refractivity contribution is -0.131. The maximum Gasteiger partial charge on any atom is 0.378 e. The van der Waals surface area contributed by atoms with Crippen LogP contribution in [-0.2, 0) is 34.0 Å². The van der Waals surface area contributed by atoms with Crippen LogP contribution in [0.3, 0.4) is 0 Å². The maximum absolute atomic E-state index is 12.4. The molecule has 6 heteroatoms. The number of ketones is 1. The number of benzene rings is 1. The fourth-order valence-corrected chi connectivity index (χ4v) is 2.93. The highest BCUT2D eigenvalue weighted by molar-refractivity contribution is 6.40. The molecule has 0 fully saturated rings. The SMILES string of the molecule is CCc1c(-c2ccccc2)c(C(=O)C(=O)O)n(COC)c1COC. The van der Waals surface area contributed by atoms with Gasteiger partial charge in [-0.05, 0) is 17.5 Å². The number of hydrogen-bond acceptors (Lipinski definition) is 4. The first kappa shape index (κ1) is 17.9. The molecule has 0 radical (unpaired) electrons. The number of carbonyl (C=O) groups is 2. The van der Waals surface area contributed by atoms with Gasteiger partial charge in [0.25, 0.3) is 5.78 Å². The topological polar surface area (TPSA) is 77.8 Å². The summed E-state index contributed by atoms with van der Waals surface area (Å²) >= 11 is 0. The van der Waals surface area contributed by atoms with E-state index in [-0.39, 0.29) is 19.0 Å². The number of carbonyl (C=O) groups excluding carboxylic acids is 1. The van der Waals surface area contributed by atoms with Gasteiger partial charge in [-0.2, -0.15) is 0 Å². The molecule has 0 amide bonds. The van der Waals surface area contributed by atoms with Crippen molar-refractivity contribution in [3.63, 3.8) is 0 Å². The van der Waals surface area contributed by atoms with Crippen molar-refractivity contribution < 1.29 is 24.2 Å². The van der Waals surface area contributed by atoms with E-state index < -0.39 is 11.8 Å². The average Bonchev–Trinajstić information content (AvgIpc) is 2.89. The lowest BCUT2D eigenvalue weighted by atomic mass is 9.97. The molecule has 1 aromatic heterocycles. The number of carboxylic acids is 1. The Balaban J connectivity index is 2.85. The third-order valence-corrected chi connectivity index (χ3v) is 3.85. The van der Waals surface area contributed by atoms with Crippen molar-refractivity contribution in [3.8, 4) is 11.1 Å². The van der Waals surface area contributed by atoms with Crippen LogP contribution in [0.25, 0.3) is 11.1 Å². The third-order valence-electron chi connectivity index (χ3n) is 3.85. The van der Waals surface area contributed by atoms with E-state index in [4.69, 9.17) is 9.47 Å². The molecule has 0 saturated heterocycles. The Labute approximate surface area is 140 Å². The van der Waals surface area contributed by atoms with Crippen molar-refractivity contribution in [3.05, 3.63) is 47.3 Å². The Morgan fingerprint density at radius 1 is 1.12 bits per heavy atom. The second-order valence-electron chi connectivity index (χ2n) is 5.28. The maximum atomic E-state index is 12.4. The van der Waals surface area contributed by atoms with Crippen molar-refractivity contribution in [1.82, 2.24) is 4.57 Å². The molecular formula is C18H21NO5. The number of nitrogens with zero attached hydrogens (tertiary/aromatic N) is 1. The molecule has 0 saturated carbocycles. The zero-order valence-corrected chi connectivity index (χ0v) is 14.0. The second-order valence-corrected chi connectivity index (χ2v) is 5.28. The van der Waals surface area contributed by atoms with Gasteiger partial charge in [0.05, 0.1) is 12.3 Å². The van der Waals surface area contributed by atoms with Gasteiger partial charge in [0, 0.05) is 19.8 Å². The summed E-state index contributed by atoms with van der Waals surface area (Å²) in [6, 6.07) is 9.30. The van der Waals surface area contributed by atoms with E-state index in [0.29, 0.717) is 12.0 Å². The van der Waals surface area contributed by atoms with Gasteiger partial charge in [-0.15, -0.1) is 0 Å². The van der Waals surface area contributed by atoms with Gasteiger partial charge in [-0.25, -0.2) is 4.79 Å². The molecule has 2 rings (SSSR count). The summed E-state index contributed by atoms with van der Waals surface area (Å²) in [6.07, 6.45) is 0.638. The number of aromatic nitrogens is 1. The molecule has 0 atom stereocenters. The zero-order chi connectivity index (χ0) is 17.7. The van der Waals surface area contributed by atoms with Crippen LogP contribution in [0.5, 0.6) is 0 Å². The second kappa shape index (κ2) is 7.90. The van der Waals surface area contributed by atoms with Crippen LogP contribution in [0.4, 0.5) is 0 Å². The predicted molar refractivity (Wildman–Crippen MR) is 88.9 cm³/mol. The van der Waals surface area contributed by atoms with E-state index >= 15 is 0 Å². The minimum atomic E-state index is -1.49. The largest absolute Gasteiger partial charge is 0.475 e. The number of methoxy groups -OCH3 is 2. The van der Waals surface area contributed by atoms with E-state index in [0.717, 1.165) is 16.8 Å². The highest BCUT2D eigenvalue weighted by Gasteiger charge is 2.30. The Morgan fingerprint density at radius 2 is 1.79 bits per heavy atom. The molecule has 128 valence electrons. The Morgan fingerprint density at radius 3 is 2.29 bits per heavy atom. The lowest BCUT2D eigenvalue weighted by Gasteiger charge is -2.11. The molecule has 0 unspecified atom stereocenters. The first-order chi connectivity index (χ1) is 11.6. The molecule has 6 nitrogen and oxygen atoms in total. The fraction of sp³-hybridized carbons (Fsp3) is 0.333. The van der Waals surface area contributed by atoms with Crippen LogP contribution >= 0.6 is 0 Å². The van der Waals surface area contributed by atoms with Gasteiger partial charge in [0.15, 0.2) is 0 Å². The zero-order valence-electron chi connectivity index (χ0n) is 14.0. The molecule has 0 bridgehead atoms. The van der Waals surface area contributed by atoms with Gasteiger partial charge in [0.2, 0.25) is 0 Å². The minimum absolute atomic E-state index is 0.0763. The monoisotopic (exact) mass is 331 g/mol. The molecule has 1 N–H and O–H groups in total. The molecule has 24 heavy (non-hydrogen) atoms. The third kappa shape index (κ3) is 3.25. The van der Waals surface area contributed by atoms with E-state index in [1.807, 2.05) is 37.3 Å². The standard InChI is InChI=1S/C18H21NO5/c1-4-13-14(10-23-2)19(11-24-3)16(17(20)18(21)22)15(13)12-8-6-5-7-9-12/h5-9H,4,10-11H2,1-3H3,(H,21,22). The van der Waals surface area contributed by atoms with Crippen LogP contribution in [0.2, 0.25) is 0 Å².